The molecule has 0 saturated heterocycles. The number of anilines is 1. The number of carbonyl (C=O) groups is 2. The highest BCUT2D eigenvalue weighted by Crippen LogP contribution is 2.23. The Morgan fingerprint density at radius 3 is 2.15 bits per heavy atom. The van der Waals surface area contributed by atoms with Crippen LogP contribution < -0.4 is 10.1 Å². The van der Waals surface area contributed by atoms with Crippen LogP contribution in [0.4, 0.5) is 5.69 Å². The third-order valence-corrected chi connectivity index (χ3v) is 4.29. The summed E-state index contributed by atoms with van der Waals surface area (Å²) in [4.78, 5) is 33.1. The first-order valence-electron chi connectivity index (χ1n) is 8.73. The summed E-state index contributed by atoms with van der Waals surface area (Å²) < 4.78 is 5.55. The summed E-state index contributed by atoms with van der Waals surface area (Å²) in [6, 6.07) is 10.5. The van der Waals surface area contributed by atoms with Crippen molar-refractivity contribution in [3.05, 3.63) is 58.8 Å². The number of rotatable bonds is 5. The fourth-order valence-electron chi connectivity index (χ4n) is 2.66. The molecule has 6 heteroatoms. The Kier molecular flexibility index (Phi) is 5.16. The smallest absolute Gasteiger partial charge is 0.279 e. The molecule has 0 aliphatic carbocycles. The van der Waals surface area contributed by atoms with Gasteiger partial charge in [-0.05, 0) is 75.2 Å². The van der Waals surface area contributed by atoms with Crippen molar-refractivity contribution in [1.29, 1.82) is 0 Å². The molecule has 0 unspecified atom stereocenters. The number of Topliss-reactive ketones (excluding diaryl/α,β-unsaturated/α-hetero) is 1. The molecule has 0 fully saturated rings. The van der Waals surface area contributed by atoms with Gasteiger partial charge in [-0.1, -0.05) is 0 Å². The number of nitrogens with zero attached hydrogens (tertiary/aromatic N) is 2. The predicted molar refractivity (Wildman–Crippen MR) is 105 cm³/mol. The minimum absolute atomic E-state index is 0.0300. The Morgan fingerprint density at radius 2 is 1.59 bits per heavy atom. The molecule has 0 aliphatic heterocycles. The molecule has 0 bridgehead atoms. The first kappa shape index (κ1) is 18.5. The fourth-order valence-corrected chi connectivity index (χ4v) is 2.66. The van der Waals surface area contributed by atoms with Crippen molar-refractivity contribution >= 4 is 28.4 Å². The van der Waals surface area contributed by atoms with Gasteiger partial charge in [0.1, 0.15) is 0 Å². The maximum absolute atomic E-state index is 12.8. The van der Waals surface area contributed by atoms with Gasteiger partial charge in [0.05, 0.1) is 17.6 Å². The van der Waals surface area contributed by atoms with Crippen molar-refractivity contribution in [3.8, 4) is 5.88 Å². The van der Waals surface area contributed by atoms with Gasteiger partial charge in [0.15, 0.2) is 11.5 Å². The number of hydrogen-bond donors (Lipinski definition) is 1. The Labute approximate surface area is 157 Å². The van der Waals surface area contributed by atoms with Gasteiger partial charge in [0, 0.05) is 11.3 Å². The molecule has 1 aromatic heterocycles. The normalized spacial score (nSPS) is 10.7. The van der Waals surface area contributed by atoms with Crippen LogP contribution in [0, 0.1) is 13.8 Å². The molecule has 6 nitrogen and oxygen atoms in total. The first-order valence-corrected chi connectivity index (χ1v) is 8.73. The third kappa shape index (κ3) is 3.95. The highest BCUT2D eigenvalue weighted by molar-refractivity contribution is 6.05. The molecule has 3 aromatic rings. The van der Waals surface area contributed by atoms with E-state index in [0.717, 1.165) is 11.1 Å². The molecule has 1 heterocycles. The van der Waals surface area contributed by atoms with E-state index in [1.807, 2.05) is 32.9 Å². The van der Waals surface area contributed by atoms with Crippen LogP contribution in [0.1, 0.15) is 45.8 Å². The van der Waals surface area contributed by atoms with Gasteiger partial charge in [-0.3, -0.25) is 9.59 Å². The van der Waals surface area contributed by atoms with Gasteiger partial charge in [0.25, 0.3) is 5.91 Å². The summed E-state index contributed by atoms with van der Waals surface area (Å²) in [5, 5.41) is 2.78. The number of ether oxygens (including phenoxy) is 1. The number of nitrogens with one attached hydrogen (secondary N) is 1. The maximum atomic E-state index is 12.8. The largest absolute Gasteiger partial charge is 0.476 e. The predicted octanol–water partition coefficient (Wildman–Crippen LogP) is 4.10. The second kappa shape index (κ2) is 7.53. The molecule has 1 amide bonds. The monoisotopic (exact) mass is 363 g/mol. The zero-order valence-electron chi connectivity index (χ0n) is 15.8. The summed E-state index contributed by atoms with van der Waals surface area (Å²) >= 11 is 0. The van der Waals surface area contributed by atoms with E-state index in [0.29, 0.717) is 28.9 Å². The average molecular weight is 363 g/mol. The molecule has 27 heavy (non-hydrogen) atoms. The summed E-state index contributed by atoms with van der Waals surface area (Å²) in [5.41, 5.74) is 4.77. The molecule has 0 aliphatic rings. The van der Waals surface area contributed by atoms with E-state index in [9.17, 15) is 9.59 Å². The zero-order valence-corrected chi connectivity index (χ0v) is 15.8. The van der Waals surface area contributed by atoms with E-state index < -0.39 is 5.91 Å². The van der Waals surface area contributed by atoms with Crippen LogP contribution in [-0.4, -0.2) is 28.3 Å². The molecular formula is C21H21N3O3. The van der Waals surface area contributed by atoms with Crippen LogP contribution in [0.2, 0.25) is 0 Å². The third-order valence-electron chi connectivity index (χ3n) is 4.29. The fraction of sp³-hybridized carbons (Fsp3) is 0.238. The van der Waals surface area contributed by atoms with Crippen molar-refractivity contribution < 1.29 is 14.3 Å². The number of fused-ring (bicyclic) bond motifs is 1. The molecule has 0 radical (unpaired) electrons. The van der Waals surface area contributed by atoms with Crippen LogP contribution in [-0.2, 0) is 0 Å². The van der Waals surface area contributed by atoms with E-state index in [4.69, 9.17) is 4.74 Å². The lowest BCUT2D eigenvalue weighted by atomic mass is 10.1. The zero-order chi connectivity index (χ0) is 19.6. The van der Waals surface area contributed by atoms with Gasteiger partial charge < -0.3 is 10.1 Å². The summed E-state index contributed by atoms with van der Waals surface area (Å²) in [5.74, 6) is -0.245. The highest BCUT2D eigenvalue weighted by Gasteiger charge is 2.18. The lowest BCUT2D eigenvalue weighted by molar-refractivity contribution is 0.101. The van der Waals surface area contributed by atoms with Gasteiger partial charge in [-0.15, -0.1) is 0 Å². The maximum Gasteiger partial charge on any atom is 0.279 e. The second-order valence-corrected chi connectivity index (χ2v) is 6.32. The molecule has 138 valence electrons. The average Bonchev–Trinajstić information content (AvgIpc) is 2.63. The number of aryl methyl sites for hydroxylation is 2. The summed E-state index contributed by atoms with van der Waals surface area (Å²) in [7, 11) is 0. The number of carbonyl (C=O) groups excluding carboxylic acids is 2. The standard InChI is InChI=1S/C21H21N3O3/c1-5-27-21-19(23-17-10-12(2)13(3)11-18(17)24-21)20(26)22-16-8-6-15(7-9-16)14(4)25/h6-11H,5H2,1-4H3,(H,22,26). The van der Waals surface area contributed by atoms with Crippen molar-refractivity contribution in [2.24, 2.45) is 0 Å². The number of hydrogen-bond acceptors (Lipinski definition) is 5. The molecular weight excluding hydrogens is 342 g/mol. The van der Waals surface area contributed by atoms with Crippen molar-refractivity contribution in [2.75, 3.05) is 11.9 Å². The van der Waals surface area contributed by atoms with Gasteiger partial charge in [0.2, 0.25) is 5.88 Å². The van der Waals surface area contributed by atoms with Crippen LogP contribution in [0.25, 0.3) is 11.0 Å². The van der Waals surface area contributed by atoms with E-state index in [2.05, 4.69) is 15.3 Å². The van der Waals surface area contributed by atoms with Crippen LogP contribution in [0.15, 0.2) is 36.4 Å². The Balaban J connectivity index is 1.97. The molecule has 3 rings (SSSR count). The Morgan fingerprint density at radius 1 is 1.00 bits per heavy atom. The lowest BCUT2D eigenvalue weighted by Gasteiger charge is -2.11. The van der Waals surface area contributed by atoms with E-state index >= 15 is 0 Å². The van der Waals surface area contributed by atoms with Gasteiger partial charge in [-0.25, -0.2) is 9.97 Å². The quantitative estimate of drug-likeness (QED) is 0.690. The van der Waals surface area contributed by atoms with E-state index in [-0.39, 0.29) is 17.4 Å². The number of aromatic nitrogens is 2. The van der Waals surface area contributed by atoms with Crippen molar-refractivity contribution in [3.63, 3.8) is 0 Å². The molecule has 0 spiro atoms. The Hall–Kier alpha value is -3.28. The Bertz CT molecular complexity index is 1030. The van der Waals surface area contributed by atoms with Crippen LogP contribution in [0.5, 0.6) is 5.88 Å². The van der Waals surface area contributed by atoms with Crippen LogP contribution >= 0.6 is 0 Å². The molecule has 0 atom stereocenters. The van der Waals surface area contributed by atoms with E-state index in [1.54, 1.807) is 24.3 Å². The second-order valence-electron chi connectivity index (χ2n) is 6.32. The van der Waals surface area contributed by atoms with Gasteiger partial charge >= 0.3 is 0 Å². The number of benzene rings is 2. The van der Waals surface area contributed by atoms with E-state index in [1.165, 1.54) is 6.92 Å². The molecule has 0 saturated carbocycles. The highest BCUT2D eigenvalue weighted by atomic mass is 16.5. The topological polar surface area (TPSA) is 81.2 Å². The van der Waals surface area contributed by atoms with Crippen LogP contribution in [0.3, 0.4) is 0 Å². The number of amides is 1. The van der Waals surface area contributed by atoms with Gasteiger partial charge in [-0.2, -0.15) is 0 Å². The lowest BCUT2D eigenvalue weighted by Crippen LogP contribution is -2.17. The summed E-state index contributed by atoms with van der Waals surface area (Å²) in [6.07, 6.45) is 0. The first-order chi connectivity index (χ1) is 12.9. The minimum Gasteiger partial charge on any atom is -0.476 e. The SMILES string of the molecule is CCOc1nc2cc(C)c(C)cc2nc1C(=O)Nc1ccc(C(C)=O)cc1. The number of ketones is 1. The van der Waals surface area contributed by atoms with Crippen molar-refractivity contribution in [2.45, 2.75) is 27.7 Å². The molecule has 1 N–H and O–H groups in total. The molecule has 2 aromatic carbocycles. The van der Waals surface area contributed by atoms with Crippen molar-refractivity contribution in [1.82, 2.24) is 9.97 Å². The minimum atomic E-state index is -0.415. The summed E-state index contributed by atoms with van der Waals surface area (Å²) in [6.45, 7) is 7.69.